The second-order valence-electron chi connectivity index (χ2n) is 6.47. The minimum atomic E-state index is -0.621. The van der Waals surface area contributed by atoms with Crippen LogP contribution in [-0.4, -0.2) is 76.1 Å². The summed E-state index contributed by atoms with van der Waals surface area (Å²) in [5, 5.41) is 30.2. The Morgan fingerprint density at radius 2 is 1.61 bits per heavy atom. The molecule has 0 radical (unpaired) electrons. The van der Waals surface area contributed by atoms with Crippen molar-refractivity contribution in [1.29, 1.82) is 0 Å². The summed E-state index contributed by atoms with van der Waals surface area (Å²) in [6, 6.07) is 5.41. The van der Waals surface area contributed by atoms with Crippen LogP contribution in [0, 0.1) is 10.1 Å². The number of hydrogen-bond acceptors (Lipinski definition) is 8. The maximum Gasteiger partial charge on any atom is 0.270 e. The van der Waals surface area contributed by atoms with E-state index in [0.717, 1.165) is 4.90 Å². The van der Waals surface area contributed by atoms with Gasteiger partial charge in [-0.25, -0.2) is 0 Å². The van der Waals surface area contributed by atoms with Crippen LogP contribution in [0.1, 0.15) is 20.7 Å². The molecule has 2 aromatic carbocycles. The summed E-state index contributed by atoms with van der Waals surface area (Å²) in [6.45, 7) is 0.548. The zero-order valence-corrected chi connectivity index (χ0v) is 15.0. The fourth-order valence-corrected chi connectivity index (χ4v) is 3.41. The molecular weight excluding hydrogens is 368 g/mol. The van der Waals surface area contributed by atoms with Crippen LogP contribution in [0.25, 0.3) is 10.8 Å². The number of amides is 2. The van der Waals surface area contributed by atoms with Gasteiger partial charge in [0.25, 0.3) is 17.5 Å². The molecule has 1 aliphatic heterocycles. The molecule has 148 valence electrons. The number of anilines is 1. The van der Waals surface area contributed by atoms with Crippen LogP contribution < -0.4 is 5.73 Å². The van der Waals surface area contributed by atoms with Gasteiger partial charge in [-0.15, -0.1) is 0 Å². The van der Waals surface area contributed by atoms with Crippen LogP contribution in [0.3, 0.4) is 0 Å². The van der Waals surface area contributed by atoms with E-state index >= 15 is 0 Å². The van der Waals surface area contributed by atoms with E-state index in [2.05, 4.69) is 0 Å². The highest BCUT2D eigenvalue weighted by molar-refractivity contribution is 6.26. The van der Waals surface area contributed by atoms with Crippen LogP contribution in [0.4, 0.5) is 11.4 Å². The number of rotatable bonds is 8. The number of nitro groups is 1. The Morgan fingerprint density at radius 1 is 1.00 bits per heavy atom. The molecule has 10 heteroatoms. The number of nitrogens with two attached hydrogens (primary N) is 1. The lowest BCUT2D eigenvalue weighted by Gasteiger charge is -2.29. The molecule has 0 spiro atoms. The number of aliphatic hydroxyl groups excluding tert-OH is 2. The van der Waals surface area contributed by atoms with E-state index in [1.165, 1.54) is 24.3 Å². The summed E-state index contributed by atoms with van der Waals surface area (Å²) < 4.78 is 0. The highest BCUT2D eigenvalue weighted by atomic mass is 16.6. The van der Waals surface area contributed by atoms with Crippen molar-refractivity contribution in [3.05, 3.63) is 45.5 Å². The van der Waals surface area contributed by atoms with Crippen molar-refractivity contribution in [3.8, 4) is 0 Å². The molecule has 1 aliphatic rings. The van der Waals surface area contributed by atoms with Gasteiger partial charge in [0.1, 0.15) is 0 Å². The SMILES string of the molecule is Nc1cc2c3c(cc([N+](=O)[O-])cc3c1)C(=O)N(CCN(CCO)CCO)C2=O. The molecule has 0 atom stereocenters. The van der Waals surface area contributed by atoms with E-state index in [-0.39, 0.29) is 61.9 Å². The van der Waals surface area contributed by atoms with Gasteiger partial charge in [0, 0.05) is 49.4 Å². The molecule has 10 nitrogen and oxygen atoms in total. The zero-order chi connectivity index (χ0) is 20.4. The third-order valence-electron chi connectivity index (χ3n) is 4.69. The average Bonchev–Trinajstić information content (AvgIpc) is 2.65. The van der Waals surface area contributed by atoms with Crippen molar-refractivity contribution >= 4 is 34.0 Å². The maximum absolute atomic E-state index is 12.9. The van der Waals surface area contributed by atoms with Crippen LogP contribution in [0.15, 0.2) is 24.3 Å². The number of non-ortho nitro benzene ring substituents is 1. The molecular formula is C18H20N4O6. The third-order valence-corrected chi connectivity index (χ3v) is 4.69. The fourth-order valence-electron chi connectivity index (χ4n) is 3.41. The van der Waals surface area contributed by atoms with Crippen molar-refractivity contribution in [3.63, 3.8) is 0 Å². The highest BCUT2D eigenvalue weighted by Crippen LogP contribution is 2.35. The number of nitrogens with zero attached hydrogens (tertiary/aromatic N) is 3. The Bertz CT molecular complexity index is 955. The molecule has 2 amide bonds. The Morgan fingerprint density at radius 3 is 2.18 bits per heavy atom. The van der Waals surface area contributed by atoms with E-state index in [9.17, 15) is 19.7 Å². The lowest BCUT2D eigenvalue weighted by atomic mass is 9.92. The molecule has 0 saturated heterocycles. The van der Waals surface area contributed by atoms with Crippen LogP contribution in [0.2, 0.25) is 0 Å². The molecule has 3 rings (SSSR count). The van der Waals surface area contributed by atoms with Crippen molar-refractivity contribution in [2.24, 2.45) is 0 Å². The Balaban J connectivity index is 2.02. The van der Waals surface area contributed by atoms with Crippen LogP contribution in [0.5, 0.6) is 0 Å². The quantitative estimate of drug-likeness (QED) is 0.251. The fraction of sp³-hybridized carbons (Fsp3) is 0.333. The molecule has 0 unspecified atom stereocenters. The first kappa shape index (κ1) is 19.7. The summed E-state index contributed by atoms with van der Waals surface area (Å²) in [6.07, 6.45) is 0. The van der Waals surface area contributed by atoms with E-state index in [1.807, 2.05) is 0 Å². The normalized spacial score (nSPS) is 13.6. The Labute approximate surface area is 159 Å². The second kappa shape index (κ2) is 7.89. The van der Waals surface area contributed by atoms with Crippen molar-refractivity contribution in [2.75, 3.05) is 45.1 Å². The molecule has 0 saturated carbocycles. The molecule has 0 aromatic heterocycles. The van der Waals surface area contributed by atoms with E-state index in [4.69, 9.17) is 15.9 Å². The van der Waals surface area contributed by atoms with Gasteiger partial charge in [-0.2, -0.15) is 0 Å². The molecule has 0 aliphatic carbocycles. The summed E-state index contributed by atoms with van der Waals surface area (Å²) in [4.78, 5) is 39.2. The van der Waals surface area contributed by atoms with E-state index in [1.54, 1.807) is 4.90 Å². The molecule has 1 heterocycles. The maximum atomic E-state index is 12.9. The number of aliphatic hydroxyl groups is 2. The number of nitrogen functional groups attached to an aromatic ring is 1. The van der Waals surface area contributed by atoms with E-state index in [0.29, 0.717) is 10.8 Å². The first-order valence-electron chi connectivity index (χ1n) is 8.69. The average molecular weight is 388 g/mol. The van der Waals surface area contributed by atoms with Crippen molar-refractivity contribution in [1.82, 2.24) is 9.80 Å². The molecule has 4 N–H and O–H groups in total. The molecule has 0 fully saturated rings. The number of carbonyl (C=O) groups is 2. The van der Waals surface area contributed by atoms with Gasteiger partial charge in [-0.1, -0.05) is 0 Å². The summed E-state index contributed by atoms with van der Waals surface area (Å²) in [7, 11) is 0. The Hall–Kier alpha value is -3.08. The van der Waals surface area contributed by atoms with Gasteiger partial charge in [0.2, 0.25) is 0 Å². The van der Waals surface area contributed by atoms with Crippen LogP contribution >= 0.6 is 0 Å². The first-order chi connectivity index (χ1) is 13.4. The Kier molecular flexibility index (Phi) is 5.54. The van der Waals surface area contributed by atoms with Crippen molar-refractivity contribution < 1.29 is 24.7 Å². The lowest BCUT2D eigenvalue weighted by Crippen LogP contribution is -2.45. The molecule has 28 heavy (non-hydrogen) atoms. The smallest absolute Gasteiger partial charge is 0.270 e. The molecule has 0 bridgehead atoms. The monoisotopic (exact) mass is 388 g/mol. The van der Waals surface area contributed by atoms with Gasteiger partial charge >= 0.3 is 0 Å². The number of imide groups is 1. The predicted octanol–water partition coefficient (Wildman–Crippen LogP) is 0.213. The summed E-state index contributed by atoms with van der Waals surface area (Å²) in [5.74, 6) is -1.15. The number of carbonyl (C=O) groups excluding carboxylic acids is 2. The highest BCUT2D eigenvalue weighted by Gasteiger charge is 2.34. The van der Waals surface area contributed by atoms with Crippen LogP contribution in [-0.2, 0) is 0 Å². The number of nitro benzene ring substituents is 1. The second-order valence-corrected chi connectivity index (χ2v) is 6.47. The minimum Gasteiger partial charge on any atom is -0.399 e. The summed E-state index contributed by atoms with van der Waals surface area (Å²) in [5.41, 5.74) is 6.15. The third kappa shape index (κ3) is 3.52. The number of hydrogen-bond donors (Lipinski definition) is 3. The van der Waals surface area contributed by atoms with E-state index < -0.39 is 16.7 Å². The van der Waals surface area contributed by atoms with Gasteiger partial charge in [-0.05, 0) is 17.5 Å². The van der Waals surface area contributed by atoms with Gasteiger partial charge in [0.05, 0.1) is 29.3 Å². The van der Waals surface area contributed by atoms with Gasteiger partial charge in [0.15, 0.2) is 0 Å². The van der Waals surface area contributed by atoms with Crippen molar-refractivity contribution in [2.45, 2.75) is 0 Å². The zero-order valence-electron chi connectivity index (χ0n) is 15.0. The minimum absolute atomic E-state index is 0.0100. The lowest BCUT2D eigenvalue weighted by molar-refractivity contribution is -0.384. The first-order valence-corrected chi connectivity index (χ1v) is 8.69. The van der Waals surface area contributed by atoms with Gasteiger partial charge < -0.3 is 15.9 Å². The van der Waals surface area contributed by atoms with Gasteiger partial charge in [-0.3, -0.25) is 29.5 Å². The standard InChI is InChI=1S/C18H20N4O6/c19-12-7-11-8-13(22(27)28)10-15-16(11)14(9-12)17(25)21(18(15)26)2-1-20(3-5-23)4-6-24/h7-10,23-24H,1-6,19H2. The summed E-state index contributed by atoms with van der Waals surface area (Å²) >= 11 is 0. The topological polar surface area (TPSA) is 150 Å². The molecule has 2 aromatic rings. The largest absolute Gasteiger partial charge is 0.399 e. The predicted molar refractivity (Wildman–Crippen MR) is 101 cm³/mol. The number of benzene rings is 2.